The Labute approximate surface area is 249 Å². The van der Waals surface area contributed by atoms with Gasteiger partial charge in [-0.15, -0.1) is 0 Å². The summed E-state index contributed by atoms with van der Waals surface area (Å²) < 4.78 is 81.6. The number of hydrogen-bond donors (Lipinski definition) is 3. The average Bonchev–Trinajstić information content (AvgIpc) is 3.51. The van der Waals surface area contributed by atoms with Crippen LogP contribution in [0, 0.1) is 0 Å². The number of hydrogen-bond acceptors (Lipinski definition) is 11. The number of alkyl halides is 3. The van der Waals surface area contributed by atoms with E-state index in [1.165, 1.54) is 19.1 Å². The van der Waals surface area contributed by atoms with Gasteiger partial charge in [-0.05, 0) is 43.7 Å². The number of nitrogen functional groups attached to an aromatic ring is 1. The Morgan fingerprint density at radius 2 is 1.91 bits per heavy atom. The maximum Gasteiger partial charge on any atom is 0.459 e. The first kappa shape index (κ1) is 31.6. The van der Waals surface area contributed by atoms with Crippen LogP contribution in [-0.2, 0) is 23.4 Å². The highest BCUT2D eigenvalue weighted by Gasteiger charge is 2.62. The fourth-order valence-electron chi connectivity index (χ4n) is 4.68. The SMILES string of the molecule is CC(C)OC(=O)C(C)NP(=O)(OCC1(C(F)F)OC(n2cnc3c(N)ncnc32)C(F)C1O)Oc1ccc2ccccc2c1. The number of aliphatic hydroxyl groups excluding tert-OH is 1. The van der Waals surface area contributed by atoms with Gasteiger partial charge in [0, 0.05) is 0 Å². The first-order chi connectivity index (χ1) is 20.8. The van der Waals surface area contributed by atoms with E-state index in [4.69, 9.17) is 24.3 Å². The van der Waals surface area contributed by atoms with Crippen LogP contribution in [0.1, 0.15) is 27.0 Å². The summed E-state index contributed by atoms with van der Waals surface area (Å²) in [6.07, 6.45) is -8.70. The van der Waals surface area contributed by atoms with E-state index in [1.807, 2.05) is 12.1 Å². The van der Waals surface area contributed by atoms with E-state index in [0.717, 1.165) is 22.6 Å². The molecule has 6 unspecified atom stereocenters. The molecule has 2 aromatic heterocycles. The van der Waals surface area contributed by atoms with Crippen molar-refractivity contribution in [2.75, 3.05) is 12.3 Å². The molecular weight excluding hydrogens is 608 g/mol. The molecule has 236 valence electrons. The van der Waals surface area contributed by atoms with Crippen molar-refractivity contribution < 1.29 is 46.2 Å². The molecule has 17 heteroatoms. The average molecular weight is 639 g/mol. The van der Waals surface area contributed by atoms with Crippen LogP contribution in [0.2, 0.25) is 0 Å². The molecule has 0 amide bonds. The summed E-state index contributed by atoms with van der Waals surface area (Å²) in [6, 6.07) is 10.5. The second kappa shape index (κ2) is 12.3. The van der Waals surface area contributed by atoms with Crippen LogP contribution in [0.4, 0.5) is 19.0 Å². The van der Waals surface area contributed by atoms with Crippen LogP contribution in [0.25, 0.3) is 21.9 Å². The first-order valence-electron chi connectivity index (χ1n) is 13.5. The Bertz CT molecular complexity index is 1710. The minimum Gasteiger partial charge on any atom is -0.462 e. The zero-order chi connectivity index (χ0) is 31.8. The topological polar surface area (TPSA) is 173 Å². The molecule has 5 rings (SSSR count). The summed E-state index contributed by atoms with van der Waals surface area (Å²) in [4.78, 5) is 24.2. The summed E-state index contributed by atoms with van der Waals surface area (Å²) >= 11 is 0. The minimum atomic E-state index is -4.73. The second-order valence-corrected chi connectivity index (χ2v) is 12.1. The van der Waals surface area contributed by atoms with E-state index in [1.54, 1.807) is 32.0 Å². The van der Waals surface area contributed by atoms with Gasteiger partial charge in [-0.25, -0.2) is 32.7 Å². The quantitative estimate of drug-likeness (QED) is 0.160. The standard InChI is InChI=1S/C27H30F3N6O7P/c1-14(2)41-25(38)15(3)35-44(39,43-18-9-8-16-6-4-5-7-17(16)10-18)40-11-27(26(29)30)21(37)19(28)24(42-27)36-13-34-20-22(31)32-12-33-23(20)36/h4-10,12-15,19,21,24,26,37H,11H2,1-3H3,(H,35,39)(H2,31,32,33). The Morgan fingerprint density at radius 3 is 2.61 bits per heavy atom. The minimum absolute atomic E-state index is 0.00588. The highest BCUT2D eigenvalue weighted by Crippen LogP contribution is 2.50. The molecule has 13 nitrogen and oxygen atoms in total. The van der Waals surface area contributed by atoms with Gasteiger partial charge in [0.1, 0.15) is 29.7 Å². The second-order valence-electron chi connectivity index (χ2n) is 10.4. The predicted octanol–water partition coefficient (Wildman–Crippen LogP) is 3.93. The van der Waals surface area contributed by atoms with Gasteiger partial charge in [-0.2, -0.15) is 5.09 Å². The van der Waals surface area contributed by atoms with Crippen LogP contribution < -0.4 is 15.3 Å². The monoisotopic (exact) mass is 638 g/mol. The Kier molecular flexibility index (Phi) is 8.82. The van der Waals surface area contributed by atoms with E-state index in [9.17, 15) is 23.2 Å². The zero-order valence-corrected chi connectivity index (χ0v) is 24.6. The molecule has 0 radical (unpaired) electrons. The van der Waals surface area contributed by atoms with Crippen molar-refractivity contribution in [3.63, 3.8) is 0 Å². The molecule has 4 N–H and O–H groups in total. The molecule has 0 saturated carbocycles. The molecule has 3 heterocycles. The molecule has 1 saturated heterocycles. The lowest BCUT2D eigenvalue weighted by Crippen LogP contribution is -2.52. The lowest BCUT2D eigenvalue weighted by molar-refractivity contribution is -0.191. The number of halogens is 3. The van der Waals surface area contributed by atoms with Gasteiger partial charge in [0.05, 0.1) is 19.0 Å². The van der Waals surface area contributed by atoms with E-state index in [0.29, 0.717) is 5.39 Å². The third-order valence-electron chi connectivity index (χ3n) is 6.91. The van der Waals surface area contributed by atoms with Crippen LogP contribution in [0.5, 0.6) is 5.75 Å². The van der Waals surface area contributed by atoms with E-state index in [-0.39, 0.29) is 22.7 Å². The lowest BCUT2D eigenvalue weighted by Gasteiger charge is -2.32. The molecule has 0 aliphatic carbocycles. The maximum atomic E-state index is 15.5. The number of rotatable bonds is 11. The van der Waals surface area contributed by atoms with Crippen LogP contribution in [0.15, 0.2) is 55.1 Å². The number of carbonyl (C=O) groups excluding carboxylic acids is 1. The molecule has 44 heavy (non-hydrogen) atoms. The number of aliphatic hydroxyl groups is 1. The summed E-state index contributed by atoms with van der Waals surface area (Å²) in [5.74, 6) is -0.871. The number of imidazole rings is 1. The van der Waals surface area contributed by atoms with Gasteiger partial charge in [0.2, 0.25) is 0 Å². The molecule has 1 aliphatic rings. The largest absolute Gasteiger partial charge is 0.462 e. The van der Waals surface area contributed by atoms with E-state index < -0.39 is 63.0 Å². The summed E-state index contributed by atoms with van der Waals surface area (Å²) in [5, 5.41) is 14.7. The highest BCUT2D eigenvalue weighted by molar-refractivity contribution is 7.52. The molecule has 0 bridgehead atoms. The van der Waals surface area contributed by atoms with Gasteiger partial charge < -0.3 is 24.8 Å². The Balaban J connectivity index is 1.45. The Hall–Kier alpha value is -3.82. The normalized spacial score (nSPS) is 24.2. The summed E-state index contributed by atoms with van der Waals surface area (Å²) in [5.41, 5.74) is 2.76. The van der Waals surface area contributed by atoms with Crippen molar-refractivity contribution in [1.82, 2.24) is 24.6 Å². The number of anilines is 1. The number of ether oxygens (including phenoxy) is 2. The van der Waals surface area contributed by atoms with E-state index in [2.05, 4.69) is 20.0 Å². The zero-order valence-electron chi connectivity index (χ0n) is 23.7. The van der Waals surface area contributed by atoms with Gasteiger partial charge in [0.25, 0.3) is 6.43 Å². The molecule has 1 fully saturated rings. The summed E-state index contributed by atoms with van der Waals surface area (Å²) in [6.45, 7) is 3.19. The van der Waals surface area contributed by atoms with Crippen molar-refractivity contribution in [2.45, 2.75) is 63.4 Å². The lowest BCUT2D eigenvalue weighted by atomic mass is 9.97. The molecule has 0 spiro atoms. The van der Waals surface area contributed by atoms with Crippen molar-refractivity contribution in [3.8, 4) is 5.75 Å². The van der Waals surface area contributed by atoms with Crippen molar-refractivity contribution in [3.05, 3.63) is 55.1 Å². The predicted molar refractivity (Wildman–Crippen MR) is 151 cm³/mol. The fourth-order valence-corrected chi connectivity index (χ4v) is 6.20. The van der Waals surface area contributed by atoms with Gasteiger partial charge in [-0.1, -0.05) is 30.3 Å². The van der Waals surface area contributed by atoms with Crippen molar-refractivity contribution >= 4 is 41.5 Å². The maximum absolute atomic E-state index is 15.5. The van der Waals surface area contributed by atoms with Crippen molar-refractivity contribution in [1.29, 1.82) is 0 Å². The van der Waals surface area contributed by atoms with Crippen molar-refractivity contribution in [2.24, 2.45) is 0 Å². The smallest absolute Gasteiger partial charge is 0.459 e. The van der Waals surface area contributed by atoms with Crippen LogP contribution in [0.3, 0.4) is 0 Å². The number of nitrogens with two attached hydrogens (primary N) is 1. The van der Waals surface area contributed by atoms with Crippen LogP contribution >= 0.6 is 7.75 Å². The fraction of sp³-hybridized carbons (Fsp3) is 0.407. The van der Waals surface area contributed by atoms with Gasteiger partial charge >= 0.3 is 13.7 Å². The number of carbonyl (C=O) groups is 1. The molecule has 6 atom stereocenters. The third-order valence-corrected chi connectivity index (χ3v) is 8.53. The number of nitrogens with zero attached hydrogens (tertiary/aromatic N) is 4. The van der Waals surface area contributed by atoms with Crippen LogP contribution in [-0.4, -0.2) is 73.6 Å². The summed E-state index contributed by atoms with van der Waals surface area (Å²) in [7, 11) is -4.73. The van der Waals surface area contributed by atoms with Gasteiger partial charge in [0.15, 0.2) is 29.5 Å². The number of nitrogens with one attached hydrogen (secondary N) is 1. The number of esters is 1. The number of aromatic nitrogens is 4. The molecule has 2 aromatic carbocycles. The molecular formula is C27H30F3N6O7P. The van der Waals surface area contributed by atoms with E-state index >= 15 is 4.39 Å². The third kappa shape index (κ3) is 6.08. The number of benzene rings is 2. The molecule has 4 aromatic rings. The highest BCUT2D eigenvalue weighted by atomic mass is 31.2. The van der Waals surface area contributed by atoms with Gasteiger partial charge in [-0.3, -0.25) is 13.9 Å². The molecule has 1 aliphatic heterocycles. The first-order valence-corrected chi connectivity index (χ1v) is 15.0. The number of fused-ring (bicyclic) bond motifs is 2. The Morgan fingerprint density at radius 1 is 1.18 bits per heavy atom.